The van der Waals surface area contributed by atoms with Crippen molar-refractivity contribution in [1.82, 2.24) is 14.6 Å². The zero-order chi connectivity index (χ0) is 17.0. The van der Waals surface area contributed by atoms with Crippen LogP contribution in [0.25, 0.3) is 11.1 Å². The fourth-order valence-corrected chi connectivity index (χ4v) is 4.61. The van der Waals surface area contributed by atoms with Gasteiger partial charge in [-0.2, -0.15) is 0 Å². The topological polar surface area (TPSA) is 62.3 Å². The van der Waals surface area contributed by atoms with E-state index in [1.807, 2.05) is 31.3 Å². The summed E-state index contributed by atoms with van der Waals surface area (Å²) < 4.78 is 26.9. The summed E-state index contributed by atoms with van der Waals surface area (Å²) in [6, 6.07) is 12.3. The highest BCUT2D eigenvalue weighted by Crippen LogP contribution is 2.22. The molecule has 1 N–H and O–H groups in total. The lowest BCUT2D eigenvalue weighted by Gasteiger charge is -2.17. The van der Waals surface area contributed by atoms with Crippen molar-refractivity contribution in [3.05, 3.63) is 54.4 Å². The number of rotatable bonds is 6. The van der Waals surface area contributed by atoms with Crippen molar-refractivity contribution < 1.29 is 8.42 Å². The van der Waals surface area contributed by atoms with E-state index < -0.39 is 10.0 Å². The first kappa shape index (κ1) is 17.1. The molecule has 5 nitrogen and oxygen atoms in total. The van der Waals surface area contributed by atoms with Crippen molar-refractivity contribution in [1.29, 1.82) is 0 Å². The van der Waals surface area contributed by atoms with E-state index in [4.69, 9.17) is 0 Å². The normalized spacial score (nSPS) is 18.8. The van der Waals surface area contributed by atoms with Crippen LogP contribution in [0, 0.1) is 0 Å². The second-order valence-corrected chi connectivity index (χ2v) is 8.18. The van der Waals surface area contributed by atoms with E-state index in [2.05, 4.69) is 32.8 Å². The Kier molecular flexibility index (Phi) is 5.28. The quantitative estimate of drug-likeness (QED) is 0.872. The second-order valence-electron chi connectivity index (χ2n) is 6.13. The average Bonchev–Trinajstić information content (AvgIpc) is 3.05. The minimum Gasteiger partial charge on any atom is -0.298 e. The number of nitrogens with one attached hydrogen (secondary N) is 1. The molecule has 1 aromatic carbocycles. The van der Waals surface area contributed by atoms with Gasteiger partial charge in [0.2, 0.25) is 10.0 Å². The first-order valence-corrected chi connectivity index (χ1v) is 9.83. The second kappa shape index (κ2) is 7.42. The van der Waals surface area contributed by atoms with Gasteiger partial charge in [0.25, 0.3) is 0 Å². The summed E-state index contributed by atoms with van der Waals surface area (Å²) in [7, 11) is -3.19. The largest absolute Gasteiger partial charge is 0.298 e. The number of pyridine rings is 1. The lowest BCUT2D eigenvalue weighted by molar-refractivity contribution is 0.331. The monoisotopic (exact) mass is 345 g/mol. The minimum absolute atomic E-state index is 0.307. The highest BCUT2D eigenvalue weighted by Gasteiger charge is 2.32. The van der Waals surface area contributed by atoms with Gasteiger partial charge in [-0.05, 0) is 41.8 Å². The van der Waals surface area contributed by atoms with Crippen molar-refractivity contribution >= 4 is 10.0 Å². The Morgan fingerprint density at radius 1 is 1.25 bits per heavy atom. The van der Waals surface area contributed by atoms with Gasteiger partial charge < -0.3 is 0 Å². The molecule has 24 heavy (non-hydrogen) atoms. The molecule has 3 rings (SSSR count). The zero-order valence-electron chi connectivity index (χ0n) is 13.9. The number of benzene rings is 1. The Hall–Kier alpha value is -1.76. The smallest absolute Gasteiger partial charge is 0.215 e. The molecule has 6 heteroatoms. The van der Waals surface area contributed by atoms with Crippen molar-refractivity contribution in [3.63, 3.8) is 0 Å². The van der Waals surface area contributed by atoms with Crippen LogP contribution in [0.5, 0.6) is 0 Å². The van der Waals surface area contributed by atoms with E-state index in [9.17, 15) is 8.42 Å². The van der Waals surface area contributed by atoms with Gasteiger partial charge in [0.05, 0.1) is 5.25 Å². The molecule has 0 amide bonds. The van der Waals surface area contributed by atoms with Gasteiger partial charge in [0.15, 0.2) is 0 Å². The number of hydrogen-bond acceptors (Lipinski definition) is 4. The van der Waals surface area contributed by atoms with Gasteiger partial charge in [-0.3, -0.25) is 9.88 Å². The van der Waals surface area contributed by atoms with Gasteiger partial charge in [-0.15, -0.1) is 0 Å². The van der Waals surface area contributed by atoms with Crippen LogP contribution in [0.2, 0.25) is 0 Å². The highest BCUT2D eigenvalue weighted by atomic mass is 32.2. The predicted molar refractivity (Wildman–Crippen MR) is 96.0 cm³/mol. The third kappa shape index (κ3) is 4.01. The lowest BCUT2D eigenvalue weighted by Crippen LogP contribution is -2.36. The fraction of sp³-hybridized carbons (Fsp3) is 0.389. The van der Waals surface area contributed by atoms with Gasteiger partial charge in [-0.1, -0.05) is 31.2 Å². The van der Waals surface area contributed by atoms with E-state index in [0.717, 1.165) is 24.2 Å². The maximum Gasteiger partial charge on any atom is 0.215 e. The molecule has 0 radical (unpaired) electrons. The average molecular weight is 345 g/mol. The third-order valence-corrected chi connectivity index (χ3v) is 6.30. The third-order valence-electron chi connectivity index (χ3n) is 4.34. The predicted octanol–water partition coefficient (Wildman–Crippen LogP) is 2.26. The summed E-state index contributed by atoms with van der Waals surface area (Å²) >= 11 is 0. The maximum atomic E-state index is 12.1. The number of likely N-dealkylation sites (tertiary alicyclic amines) is 1. The van der Waals surface area contributed by atoms with Crippen molar-refractivity contribution in [2.45, 2.75) is 25.1 Å². The number of aromatic nitrogens is 1. The number of hydrogen-bond donors (Lipinski definition) is 1. The lowest BCUT2D eigenvalue weighted by atomic mass is 10.0. The van der Waals surface area contributed by atoms with Crippen molar-refractivity contribution in [2.75, 3.05) is 19.6 Å². The number of sulfonamides is 1. The Bertz CT molecular complexity index is 778. The van der Waals surface area contributed by atoms with E-state index in [0.29, 0.717) is 19.5 Å². The molecule has 0 bridgehead atoms. The Labute approximate surface area is 143 Å². The first-order valence-electron chi connectivity index (χ1n) is 8.28. The summed E-state index contributed by atoms with van der Waals surface area (Å²) in [4.78, 5) is 6.37. The first-order chi connectivity index (χ1) is 11.6. The molecule has 1 aromatic heterocycles. The van der Waals surface area contributed by atoms with Crippen LogP contribution in [0.1, 0.15) is 18.9 Å². The summed E-state index contributed by atoms with van der Waals surface area (Å²) in [5, 5.41) is -0.307. The van der Waals surface area contributed by atoms with E-state index in [1.165, 1.54) is 5.56 Å². The van der Waals surface area contributed by atoms with Crippen molar-refractivity contribution in [3.8, 4) is 11.1 Å². The Balaban J connectivity index is 1.67. The Morgan fingerprint density at radius 3 is 2.83 bits per heavy atom. The van der Waals surface area contributed by atoms with Crippen LogP contribution in [0.3, 0.4) is 0 Å². The van der Waals surface area contributed by atoms with Gasteiger partial charge in [0, 0.05) is 32.0 Å². The van der Waals surface area contributed by atoms with Crippen LogP contribution in [-0.4, -0.2) is 43.2 Å². The molecule has 0 aliphatic carbocycles. The number of nitrogens with zero attached hydrogens (tertiary/aromatic N) is 2. The standard InChI is InChI=1S/C18H23N3O2S/c1-2-20-24(22,23)18-8-10-21(14-18)13-15-5-3-6-16(11-15)17-7-4-9-19-12-17/h3-7,9,11-12,18,20H,2,8,10,13-14H2,1H3/t18-/m1/s1. The molecule has 0 spiro atoms. The van der Waals surface area contributed by atoms with Gasteiger partial charge >= 0.3 is 0 Å². The molecule has 1 aliphatic rings. The van der Waals surface area contributed by atoms with E-state index in [-0.39, 0.29) is 5.25 Å². The van der Waals surface area contributed by atoms with Crippen LogP contribution >= 0.6 is 0 Å². The molecule has 128 valence electrons. The maximum absolute atomic E-state index is 12.1. The molecule has 1 saturated heterocycles. The van der Waals surface area contributed by atoms with Crippen molar-refractivity contribution in [2.24, 2.45) is 0 Å². The molecule has 1 fully saturated rings. The summed E-state index contributed by atoms with van der Waals surface area (Å²) in [6.07, 6.45) is 4.31. The molecule has 0 unspecified atom stereocenters. The zero-order valence-corrected chi connectivity index (χ0v) is 14.7. The molecule has 0 saturated carbocycles. The van der Waals surface area contributed by atoms with Crippen LogP contribution in [0.15, 0.2) is 48.8 Å². The fourth-order valence-electron chi connectivity index (χ4n) is 3.15. The molecular formula is C18H23N3O2S. The van der Waals surface area contributed by atoms with E-state index >= 15 is 0 Å². The van der Waals surface area contributed by atoms with Crippen LogP contribution in [0.4, 0.5) is 0 Å². The van der Waals surface area contributed by atoms with E-state index in [1.54, 1.807) is 6.20 Å². The SMILES string of the molecule is CCNS(=O)(=O)[C@@H]1CCN(Cc2cccc(-c3cccnc3)c2)C1. The highest BCUT2D eigenvalue weighted by molar-refractivity contribution is 7.90. The molecule has 2 aromatic rings. The molecule has 2 heterocycles. The van der Waals surface area contributed by atoms with Gasteiger partial charge in [0.1, 0.15) is 0 Å². The summed E-state index contributed by atoms with van der Waals surface area (Å²) in [5.41, 5.74) is 3.42. The molecule has 1 aliphatic heterocycles. The summed E-state index contributed by atoms with van der Waals surface area (Å²) in [6.45, 7) is 4.44. The minimum atomic E-state index is -3.19. The van der Waals surface area contributed by atoms with Gasteiger partial charge in [-0.25, -0.2) is 13.1 Å². The summed E-state index contributed by atoms with van der Waals surface area (Å²) in [5.74, 6) is 0. The van der Waals surface area contributed by atoms with Crippen LogP contribution < -0.4 is 4.72 Å². The molecule has 1 atom stereocenters. The molecular weight excluding hydrogens is 322 g/mol. The Morgan fingerprint density at radius 2 is 2.08 bits per heavy atom. The van der Waals surface area contributed by atoms with Crippen LogP contribution in [-0.2, 0) is 16.6 Å².